The SMILES string of the molecule is C1=CCCC(c2nc(-c3cccc(-c4cccc(-c5cccc(-c6cccc(-c7nc(-c8ccccc8)nc(-c8ccccc8)n7)c6)c5)c4)c3)nc(-c3ccccc3-c3ccccc3)n2)=C1. The molecule has 2 aromatic heterocycles. The average Bonchev–Trinajstić information content (AvgIpc) is 3.42. The van der Waals surface area contributed by atoms with Crippen LogP contribution in [0.5, 0.6) is 0 Å². The monoisotopic (exact) mass is 846 g/mol. The summed E-state index contributed by atoms with van der Waals surface area (Å²) in [5.74, 6) is 3.91. The van der Waals surface area contributed by atoms with Gasteiger partial charge in [0, 0.05) is 27.8 Å². The maximum atomic E-state index is 5.18. The van der Waals surface area contributed by atoms with E-state index in [-0.39, 0.29) is 0 Å². The number of rotatable bonds is 10. The lowest BCUT2D eigenvalue weighted by atomic mass is 9.95. The molecule has 0 spiro atoms. The van der Waals surface area contributed by atoms with Gasteiger partial charge in [-0.2, -0.15) is 0 Å². The lowest BCUT2D eigenvalue weighted by molar-refractivity contribution is 0.978. The van der Waals surface area contributed by atoms with Crippen LogP contribution in [0.1, 0.15) is 18.7 Å². The molecule has 66 heavy (non-hydrogen) atoms. The molecule has 8 aromatic carbocycles. The van der Waals surface area contributed by atoms with Gasteiger partial charge in [0.15, 0.2) is 34.9 Å². The topological polar surface area (TPSA) is 77.3 Å². The van der Waals surface area contributed by atoms with E-state index in [1.54, 1.807) is 0 Å². The first kappa shape index (κ1) is 40.1. The summed E-state index contributed by atoms with van der Waals surface area (Å²) in [6.45, 7) is 0. The van der Waals surface area contributed by atoms with Crippen LogP contribution in [-0.2, 0) is 0 Å². The molecule has 11 rings (SSSR count). The Morgan fingerprint density at radius 1 is 0.258 bits per heavy atom. The van der Waals surface area contributed by atoms with Gasteiger partial charge >= 0.3 is 0 Å². The van der Waals surface area contributed by atoms with Gasteiger partial charge in [0.1, 0.15) is 0 Å². The van der Waals surface area contributed by atoms with Crippen LogP contribution >= 0.6 is 0 Å². The number of hydrogen-bond donors (Lipinski definition) is 0. The number of aromatic nitrogens is 6. The quantitative estimate of drug-likeness (QED) is 0.136. The van der Waals surface area contributed by atoms with E-state index in [0.29, 0.717) is 34.9 Å². The van der Waals surface area contributed by atoms with Crippen molar-refractivity contribution >= 4 is 5.57 Å². The fourth-order valence-corrected chi connectivity index (χ4v) is 8.48. The van der Waals surface area contributed by atoms with Gasteiger partial charge in [0.2, 0.25) is 0 Å². The van der Waals surface area contributed by atoms with Crippen LogP contribution in [-0.4, -0.2) is 29.9 Å². The second-order valence-electron chi connectivity index (χ2n) is 16.2. The second-order valence-corrected chi connectivity index (χ2v) is 16.2. The maximum Gasteiger partial charge on any atom is 0.164 e. The molecule has 0 saturated carbocycles. The van der Waals surface area contributed by atoms with E-state index in [1.807, 2.05) is 66.7 Å². The zero-order valence-corrected chi connectivity index (χ0v) is 36.0. The minimum atomic E-state index is 0.625. The zero-order valence-electron chi connectivity index (χ0n) is 36.0. The predicted octanol–water partition coefficient (Wildman–Crippen LogP) is 14.8. The van der Waals surface area contributed by atoms with Gasteiger partial charge in [-0.3, -0.25) is 0 Å². The molecule has 6 heteroatoms. The Labute approximate surface area is 384 Å². The van der Waals surface area contributed by atoms with Crippen molar-refractivity contribution in [3.63, 3.8) is 0 Å². The number of allylic oxidation sites excluding steroid dienone is 4. The van der Waals surface area contributed by atoms with Crippen molar-refractivity contribution in [2.24, 2.45) is 0 Å². The number of hydrogen-bond acceptors (Lipinski definition) is 6. The summed E-state index contributed by atoms with van der Waals surface area (Å²) in [5.41, 5.74) is 14.6. The summed E-state index contributed by atoms with van der Waals surface area (Å²) in [7, 11) is 0. The smallest absolute Gasteiger partial charge is 0.164 e. The fraction of sp³-hybridized carbons (Fsp3) is 0.0333. The van der Waals surface area contributed by atoms with Crippen LogP contribution in [0.15, 0.2) is 231 Å². The van der Waals surface area contributed by atoms with Gasteiger partial charge in [0.25, 0.3) is 0 Å². The van der Waals surface area contributed by atoms with E-state index >= 15 is 0 Å². The number of nitrogens with zero attached hydrogens (tertiary/aromatic N) is 6. The third-order valence-corrected chi connectivity index (χ3v) is 11.9. The summed E-state index contributed by atoms with van der Waals surface area (Å²) in [6.07, 6.45) is 8.24. The van der Waals surface area contributed by atoms with Crippen LogP contribution in [0.25, 0.3) is 107 Å². The molecule has 0 bridgehead atoms. The van der Waals surface area contributed by atoms with E-state index in [4.69, 9.17) is 29.9 Å². The lowest BCUT2D eigenvalue weighted by Gasteiger charge is -2.14. The van der Waals surface area contributed by atoms with Crippen molar-refractivity contribution in [3.8, 4) is 101 Å². The summed E-state index contributed by atoms with van der Waals surface area (Å²) in [4.78, 5) is 30.3. The van der Waals surface area contributed by atoms with E-state index in [0.717, 1.165) is 90.7 Å². The molecule has 0 amide bonds. The standard InChI is InChI=1S/C60H42N6/c1-5-19-41(20-6-1)53-35-13-14-36-54(53)60-65-57(44-25-11-4-12-26-44)64-59(66-60)52-34-18-32-50(40-52)48-30-16-28-46(38-48)45-27-15-29-47(37-45)49-31-17-33-51(39-49)58-62-55(42-21-7-2-8-22-42)61-56(63-58)43-23-9-3-10-24-43/h1-11,13-25,27-40H,12,26H2. The molecule has 0 fully saturated rings. The van der Waals surface area contributed by atoms with Gasteiger partial charge in [0.05, 0.1) is 0 Å². The van der Waals surface area contributed by atoms with Crippen molar-refractivity contribution in [1.82, 2.24) is 29.9 Å². The molecule has 0 aliphatic heterocycles. The largest absolute Gasteiger partial charge is 0.209 e. The normalized spacial score (nSPS) is 12.2. The zero-order chi connectivity index (χ0) is 44.1. The van der Waals surface area contributed by atoms with Crippen LogP contribution < -0.4 is 0 Å². The molecule has 0 unspecified atom stereocenters. The maximum absolute atomic E-state index is 5.18. The van der Waals surface area contributed by atoms with E-state index < -0.39 is 0 Å². The summed E-state index contributed by atoms with van der Waals surface area (Å²) in [6, 6.07) is 73.3. The second kappa shape index (κ2) is 18.2. The molecule has 10 aromatic rings. The van der Waals surface area contributed by atoms with Crippen molar-refractivity contribution in [2.75, 3.05) is 0 Å². The molecule has 0 saturated heterocycles. The van der Waals surface area contributed by atoms with Crippen LogP contribution in [0, 0.1) is 0 Å². The Bertz CT molecular complexity index is 3360. The molecule has 6 nitrogen and oxygen atoms in total. The molecular weight excluding hydrogens is 805 g/mol. The van der Waals surface area contributed by atoms with Crippen molar-refractivity contribution in [1.29, 1.82) is 0 Å². The highest BCUT2D eigenvalue weighted by molar-refractivity contribution is 5.83. The van der Waals surface area contributed by atoms with Gasteiger partial charge in [-0.1, -0.05) is 206 Å². The van der Waals surface area contributed by atoms with E-state index in [1.165, 1.54) is 0 Å². The molecule has 0 radical (unpaired) electrons. The first-order valence-corrected chi connectivity index (χ1v) is 22.2. The molecular formula is C60H42N6. The van der Waals surface area contributed by atoms with Crippen LogP contribution in [0.4, 0.5) is 0 Å². The summed E-state index contributed by atoms with van der Waals surface area (Å²) >= 11 is 0. The highest BCUT2D eigenvalue weighted by Gasteiger charge is 2.18. The Kier molecular flexibility index (Phi) is 11.0. The van der Waals surface area contributed by atoms with E-state index in [9.17, 15) is 0 Å². The van der Waals surface area contributed by atoms with Gasteiger partial charge in [-0.15, -0.1) is 0 Å². The predicted molar refractivity (Wildman–Crippen MR) is 268 cm³/mol. The van der Waals surface area contributed by atoms with Crippen molar-refractivity contribution < 1.29 is 0 Å². The minimum Gasteiger partial charge on any atom is -0.209 e. The molecule has 312 valence electrons. The highest BCUT2D eigenvalue weighted by atomic mass is 15.0. The Morgan fingerprint density at radius 2 is 0.591 bits per heavy atom. The Balaban J connectivity index is 0.924. The first-order chi connectivity index (χ1) is 32.7. The molecule has 1 aliphatic carbocycles. The van der Waals surface area contributed by atoms with Gasteiger partial charge in [-0.25, -0.2) is 29.9 Å². The highest BCUT2D eigenvalue weighted by Crippen LogP contribution is 2.36. The molecule has 2 heterocycles. The Hall–Kier alpha value is -8.74. The third-order valence-electron chi connectivity index (χ3n) is 11.9. The van der Waals surface area contributed by atoms with Crippen molar-refractivity contribution in [3.05, 3.63) is 236 Å². The van der Waals surface area contributed by atoms with Gasteiger partial charge < -0.3 is 0 Å². The fourth-order valence-electron chi connectivity index (χ4n) is 8.48. The van der Waals surface area contributed by atoms with E-state index in [2.05, 4.69) is 164 Å². The number of benzene rings is 8. The molecule has 1 aliphatic rings. The lowest BCUT2D eigenvalue weighted by Crippen LogP contribution is -2.04. The molecule has 0 atom stereocenters. The van der Waals surface area contributed by atoms with Crippen molar-refractivity contribution in [2.45, 2.75) is 12.8 Å². The van der Waals surface area contributed by atoms with Gasteiger partial charge in [-0.05, 0) is 87.2 Å². The molecule has 0 N–H and O–H groups in total. The summed E-state index contributed by atoms with van der Waals surface area (Å²) in [5, 5.41) is 0. The Morgan fingerprint density at radius 3 is 1.05 bits per heavy atom. The minimum absolute atomic E-state index is 0.625. The van der Waals surface area contributed by atoms with Crippen LogP contribution in [0.2, 0.25) is 0 Å². The summed E-state index contributed by atoms with van der Waals surface area (Å²) < 4.78 is 0. The first-order valence-electron chi connectivity index (χ1n) is 22.2. The van der Waals surface area contributed by atoms with Crippen LogP contribution in [0.3, 0.4) is 0 Å². The third kappa shape index (κ3) is 8.51. The average molecular weight is 847 g/mol.